The Morgan fingerprint density at radius 1 is 1.06 bits per heavy atom. The van der Waals surface area contributed by atoms with Gasteiger partial charge >= 0.3 is 5.97 Å². The van der Waals surface area contributed by atoms with Crippen molar-refractivity contribution < 1.29 is 19.1 Å². The van der Waals surface area contributed by atoms with E-state index in [9.17, 15) is 9.59 Å². The topological polar surface area (TPSA) is 64.6 Å². The third-order valence-electron chi connectivity index (χ3n) is 5.35. The van der Waals surface area contributed by atoms with E-state index in [0.717, 1.165) is 28.7 Å². The highest BCUT2D eigenvalue weighted by Crippen LogP contribution is 2.36. The van der Waals surface area contributed by atoms with Gasteiger partial charge in [0, 0.05) is 10.9 Å². The molecule has 3 rings (SSSR count). The second-order valence-corrected chi connectivity index (χ2v) is 9.04. The Kier molecular flexibility index (Phi) is 8.28. The van der Waals surface area contributed by atoms with Crippen molar-refractivity contribution in [2.45, 2.75) is 47.0 Å². The van der Waals surface area contributed by atoms with Crippen LogP contribution in [0.1, 0.15) is 60.7 Å². The molecule has 1 amide bonds. The number of amides is 1. The zero-order chi connectivity index (χ0) is 24.0. The normalized spacial score (nSPS) is 10.8. The monoisotopic (exact) mass is 465 g/mol. The van der Waals surface area contributed by atoms with Gasteiger partial charge in [-0.15, -0.1) is 11.3 Å². The van der Waals surface area contributed by atoms with Crippen molar-refractivity contribution in [3.8, 4) is 16.9 Å². The summed E-state index contributed by atoms with van der Waals surface area (Å²) in [6, 6.07) is 14.1. The third kappa shape index (κ3) is 6.02. The summed E-state index contributed by atoms with van der Waals surface area (Å²) in [5, 5.41) is 5.19. The van der Waals surface area contributed by atoms with E-state index < -0.39 is 5.97 Å². The molecule has 0 unspecified atom stereocenters. The molecule has 6 heteroatoms. The molecular formula is C27H31NO4S. The largest absolute Gasteiger partial charge is 0.483 e. The van der Waals surface area contributed by atoms with Gasteiger partial charge in [-0.2, -0.15) is 0 Å². The summed E-state index contributed by atoms with van der Waals surface area (Å²) >= 11 is 1.31. The summed E-state index contributed by atoms with van der Waals surface area (Å²) in [7, 11) is 0. The Morgan fingerprint density at radius 3 is 2.42 bits per heavy atom. The molecule has 0 aliphatic heterocycles. The number of hydrogen-bond acceptors (Lipinski definition) is 5. The molecule has 2 aromatic carbocycles. The Labute approximate surface area is 199 Å². The van der Waals surface area contributed by atoms with Gasteiger partial charge in [-0.25, -0.2) is 4.79 Å². The molecule has 174 valence electrons. The van der Waals surface area contributed by atoms with Crippen LogP contribution in [-0.4, -0.2) is 25.1 Å². The molecule has 1 N–H and O–H groups in total. The van der Waals surface area contributed by atoms with Crippen LogP contribution in [0.25, 0.3) is 11.1 Å². The highest BCUT2D eigenvalue weighted by molar-refractivity contribution is 7.15. The van der Waals surface area contributed by atoms with Crippen molar-refractivity contribution in [2.24, 2.45) is 0 Å². The molecule has 0 fully saturated rings. The van der Waals surface area contributed by atoms with Crippen LogP contribution in [0.5, 0.6) is 5.75 Å². The molecule has 0 aliphatic carbocycles. The SMILES string of the molecule is CCOC(=O)c1c(-c2ccc(CC)cc2)csc1NC(=O)COc1cc(C)ccc1C(C)C. The molecule has 5 nitrogen and oxygen atoms in total. The van der Waals surface area contributed by atoms with E-state index in [-0.39, 0.29) is 25.0 Å². The number of carbonyl (C=O) groups is 2. The van der Waals surface area contributed by atoms with Gasteiger partial charge in [0.2, 0.25) is 0 Å². The number of anilines is 1. The molecule has 0 saturated heterocycles. The van der Waals surface area contributed by atoms with Crippen LogP contribution in [0, 0.1) is 6.92 Å². The average molecular weight is 466 g/mol. The number of hydrogen-bond donors (Lipinski definition) is 1. The molecular weight excluding hydrogens is 434 g/mol. The van der Waals surface area contributed by atoms with Crippen LogP contribution >= 0.6 is 11.3 Å². The van der Waals surface area contributed by atoms with Gasteiger partial charge in [-0.3, -0.25) is 4.79 Å². The van der Waals surface area contributed by atoms with E-state index in [4.69, 9.17) is 9.47 Å². The molecule has 0 aliphatic rings. The Hall–Kier alpha value is -3.12. The Morgan fingerprint density at radius 2 is 1.79 bits per heavy atom. The van der Waals surface area contributed by atoms with Gasteiger partial charge < -0.3 is 14.8 Å². The Bertz CT molecular complexity index is 1120. The first-order chi connectivity index (χ1) is 15.8. The minimum absolute atomic E-state index is 0.149. The molecule has 33 heavy (non-hydrogen) atoms. The molecule has 3 aromatic rings. The van der Waals surface area contributed by atoms with Gasteiger partial charge in [-0.05, 0) is 54.5 Å². The lowest BCUT2D eigenvalue weighted by molar-refractivity contribution is -0.118. The van der Waals surface area contributed by atoms with Crippen molar-refractivity contribution in [3.05, 3.63) is 70.1 Å². The fourth-order valence-corrected chi connectivity index (χ4v) is 4.51. The van der Waals surface area contributed by atoms with Gasteiger partial charge in [0.1, 0.15) is 16.3 Å². The Balaban J connectivity index is 1.81. The zero-order valence-electron chi connectivity index (χ0n) is 19.9. The molecule has 1 heterocycles. The van der Waals surface area contributed by atoms with Crippen molar-refractivity contribution in [1.29, 1.82) is 0 Å². The number of ether oxygens (including phenoxy) is 2. The lowest BCUT2D eigenvalue weighted by atomic mass is 10.0. The lowest BCUT2D eigenvalue weighted by Gasteiger charge is -2.15. The highest BCUT2D eigenvalue weighted by atomic mass is 32.1. The van der Waals surface area contributed by atoms with Gasteiger partial charge in [0.15, 0.2) is 6.61 Å². The van der Waals surface area contributed by atoms with Gasteiger partial charge in [0.05, 0.1) is 6.61 Å². The van der Waals surface area contributed by atoms with Crippen molar-refractivity contribution in [1.82, 2.24) is 0 Å². The van der Waals surface area contributed by atoms with Crippen LogP contribution in [-0.2, 0) is 16.0 Å². The quantitative estimate of drug-likeness (QED) is 0.361. The van der Waals surface area contributed by atoms with Gasteiger partial charge in [0.25, 0.3) is 5.91 Å². The smallest absolute Gasteiger partial charge is 0.341 e. The minimum Gasteiger partial charge on any atom is -0.483 e. The maximum atomic E-state index is 12.8. The van der Waals surface area contributed by atoms with E-state index in [1.807, 2.05) is 54.8 Å². The number of aryl methyl sites for hydroxylation is 2. The first-order valence-corrected chi connectivity index (χ1v) is 12.1. The molecule has 0 saturated carbocycles. The summed E-state index contributed by atoms with van der Waals surface area (Å²) in [6.07, 6.45) is 0.940. The minimum atomic E-state index is -0.453. The number of esters is 1. The second kappa shape index (κ2) is 11.1. The molecule has 1 aromatic heterocycles. The van der Waals surface area contributed by atoms with E-state index in [2.05, 4.69) is 26.1 Å². The van der Waals surface area contributed by atoms with Crippen molar-refractivity contribution in [3.63, 3.8) is 0 Å². The van der Waals surface area contributed by atoms with Crippen LogP contribution in [0.3, 0.4) is 0 Å². The maximum absolute atomic E-state index is 12.8. The molecule has 0 spiro atoms. The van der Waals surface area contributed by atoms with Crippen LogP contribution in [0.4, 0.5) is 5.00 Å². The summed E-state index contributed by atoms with van der Waals surface area (Å²) in [5.74, 6) is 0.198. The predicted molar refractivity (Wildman–Crippen MR) is 134 cm³/mol. The predicted octanol–water partition coefficient (Wildman–Crippen LogP) is 6.60. The maximum Gasteiger partial charge on any atom is 0.341 e. The summed E-state index contributed by atoms with van der Waals surface area (Å²) in [6.45, 7) is 10.1. The molecule has 0 atom stereocenters. The fraction of sp³-hybridized carbons (Fsp3) is 0.333. The molecule has 0 bridgehead atoms. The standard InChI is InChI=1S/C27H31NO4S/c1-6-19-9-11-20(12-10-19)22-16-33-26(25(22)27(30)31-7-2)28-24(29)15-32-23-14-18(5)8-13-21(23)17(3)4/h8-14,16-17H,6-7,15H2,1-5H3,(H,28,29). The second-order valence-electron chi connectivity index (χ2n) is 8.16. The first-order valence-electron chi connectivity index (χ1n) is 11.2. The number of carbonyl (C=O) groups excluding carboxylic acids is 2. The third-order valence-corrected chi connectivity index (χ3v) is 6.24. The highest BCUT2D eigenvalue weighted by Gasteiger charge is 2.23. The van der Waals surface area contributed by atoms with E-state index in [1.165, 1.54) is 16.9 Å². The van der Waals surface area contributed by atoms with E-state index in [0.29, 0.717) is 16.3 Å². The summed E-state index contributed by atoms with van der Waals surface area (Å²) < 4.78 is 11.1. The molecule has 0 radical (unpaired) electrons. The fourth-order valence-electron chi connectivity index (χ4n) is 3.54. The summed E-state index contributed by atoms with van der Waals surface area (Å²) in [4.78, 5) is 25.5. The van der Waals surface area contributed by atoms with Crippen LogP contribution < -0.4 is 10.1 Å². The average Bonchev–Trinajstić information content (AvgIpc) is 3.21. The number of benzene rings is 2. The van der Waals surface area contributed by atoms with Crippen molar-refractivity contribution in [2.75, 3.05) is 18.5 Å². The van der Waals surface area contributed by atoms with Gasteiger partial charge in [-0.1, -0.05) is 57.2 Å². The van der Waals surface area contributed by atoms with E-state index in [1.54, 1.807) is 6.92 Å². The number of thiophene rings is 1. The van der Waals surface area contributed by atoms with Crippen LogP contribution in [0.15, 0.2) is 47.8 Å². The van der Waals surface area contributed by atoms with Crippen molar-refractivity contribution >= 4 is 28.2 Å². The number of rotatable bonds is 9. The zero-order valence-corrected chi connectivity index (χ0v) is 20.7. The summed E-state index contributed by atoms with van der Waals surface area (Å²) in [5.41, 5.74) is 5.36. The number of nitrogens with one attached hydrogen (secondary N) is 1. The van der Waals surface area contributed by atoms with Crippen LogP contribution in [0.2, 0.25) is 0 Å². The first kappa shape index (κ1) is 24.5. The van der Waals surface area contributed by atoms with E-state index >= 15 is 0 Å². The lowest BCUT2D eigenvalue weighted by Crippen LogP contribution is -2.21.